The van der Waals surface area contributed by atoms with Gasteiger partial charge in [0.05, 0.1) is 25.3 Å². The number of hydrogen-bond acceptors (Lipinski definition) is 10. The monoisotopic (exact) mass is 802 g/mol. The zero-order valence-corrected chi connectivity index (χ0v) is 32.7. The van der Waals surface area contributed by atoms with Gasteiger partial charge in [-0.2, -0.15) is 0 Å². The standard InChI is InChI=1S/C40H51N8O7P.CH4/c1-3-19-46-29-39(50)47-35(24-31-13-16-34(17-14-31)55-56(52,53)54)40(51)45(28-37(47)48(46)38(49)18-15-30-9-6-5-7-10-30)25-32-11-8-12-36(41-32)44-26-33(27-44)43-22-20-42(4-2)21-23-43;/h3,5-14,16-17,33,35,37H,1,4,15,18-29H2,2H3,(H2,52,53,54);1H4/t35-,37?;/m0./s1. The predicted molar refractivity (Wildman–Crippen MR) is 217 cm³/mol. The Labute approximate surface area is 335 Å². The minimum atomic E-state index is -4.77. The molecule has 15 nitrogen and oxygen atoms in total. The molecule has 7 rings (SSSR count). The van der Waals surface area contributed by atoms with Gasteiger partial charge in [-0.05, 0) is 48.4 Å². The zero-order valence-electron chi connectivity index (χ0n) is 31.8. The molecule has 2 N–H and O–H groups in total. The molecule has 5 heterocycles. The molecule has 2 atom stereocenters. The number of carbonyl (C=O) groups is 3. The lowest BCUT2D eigenvalue weighted by molar-refractivity contribution is -0.205. The van der Waals surface area contributed by atoms with E-state index in [0.29, 0.717) is 23.7 Å². The predicted octanol–water partition coefficient (Wildman–Crippen LogP) is 3.00. The van der Waals surface area contributed by atoms with Crippen molar-refractivity contribution in [3.05, 3.63) is 102 Å². The van der Waals surface area contributed by atoms with E-state index in [4.69, 9.17) is 9.51 Å². The van der Waals surface area contributed by atoms with E-state index in [1.807, 2.05) is 48.5 Å². The lowest BCUT2D eigenvalue weighted by Crippen LogP contribution is -2.75. The van der Waals surface area contributed by atoms with Crippen LogP contribution in [0.3, 0.4) is 0 Å². The van der Waals surface area contributed by atoms with Gasteiger partial charge in [0.15, 0.2) is 0 Å². The number of carbonyl (C=O) groups excluding carboxylic acids is 3. The van der Waals surface area contributed by atoms with Crippen LogP contribution in [-0.2, 0) is 38.3 Å². The van der Waals surface area contributed by atoms with Gasteiger partial charge in [-0.3, -0.25) is 29.1 Å². The molecule has 2 aromatic carbocycles. The molecule has 0 bridgehead atoms. The van der Waals surface area contributed by atoms with Crippen molar-refractivity contribution in [2.75, 3.05) is 70.3 Å². The van der Waals surface area contributed by atoms with Crippen LogP contribution in [0.2, 0.25) is 0 Å². The van der Waals surface area contributed by atoms with Crippen molar-refractivity contribution in [2.24, 2.45) is 0 Å². The summed E-state index contributed by atoms with van der Waals surface area (Å²) >= 11 is 0. The molecule has 4 aliphatic heterocycles. The van der Waals surface area contributed by atoms with Crippen molar-refractivity contribution in [1.29, 1.82) is 0 Å². The first-order valence-electron chi connectivity index (χ1n) is 19.3. The Balaban J connectivity index is 0.00000549. The second-order valence-electron chi connectivity index (χ2n) is 14.8. The van der Waals surface area contributed by atoms with Crippen LogP contribution < -0.4 is 9.42 Å². The van der Waals surface area contributed by atoms with E-state index in [0.717, 1.165) is 57.2 Å². The summed E-state index contributed by atoms with van der Waals surface area (Å²) in [6.07, 6.45) is 1.69. The number of fused-ring (bicyclic) bond motifs is 1. The van der Waals surface area contributed by atoms with Gasteiger partial charge in [0.2, 0.25) is 17.7 Å². The summed E-state index contributed by atoms with van der Waals surface area (Å²) in [6.45, 7) is 13.7. The highest BCUT2D eigenvalue weighted by Gasteiger charge is 2.51. The number of aromatic nitrogens is 1. The highest BCUT2D eigenvalue weighted by Crippen LogP contribution is 2.38. The van der Waals surface area contributed by atoms with Crippen LogP contribution in [0.5, 0.6) is 5.75 Å². The molecule has 1 aromatic heterocycles. The topological polar surface area (TPSA) is 154 Å². The normalized spacial score (nSPS) is 21.2. The molecular weight excluding hydrogens is 747 g/mol. The molecule has 0 aliphatic carbocycles. The Morgan fingerprint density at radius 1 is 0.947 bits per heavy atom. The average molecular weight is 803 g/mol. The smallest absolute Gasteiger partial charge is 0.404 e. The summed E-state index contributed by atoms with van der Waals surface area (Å²) in [6, 6.07) is 21.2. The van der Waals surface area contributed by atoms with Crippen LogP contribution in [0.25, 0.3) is 0 Å². The molecule has 3 amide bonds. The van der Waals surface area contributed by atoms with Crippen molar-refractivity contribution in [3.63, 3.8) is 0 Å². The van der Waals surface area contributed by atoms with E-state index in [1.165, 1.54) is 12.1 Å². The summed E-state index contributed by atoms with van der Waals surface area (Å²) in [4.78, 5) is 76.9. The van der Waals surface area contributed by atoms with Crippen molar-refractivity contribution in [1.82, 2.24) is 34.6 Å². The molecule has 306 valence electrons. The van der Waals surface area contributed by atoms with Gasteiger partial charge in [0, 0.05) is 64.7 Å². The third kappa shape index (κ3) is 9.92. The minimum absolute atomic E-state index is 0. The molecule has 4 aliphatic rings. The summed E-state index contributed by atoms with van der Waals surface area (Å²) in [5.74, 6) is 0.0931. The van der Waals surface area contributed by atoms with Gasteiger partial charge in [0.1, 0.15) is 23.8 Å². The zero-order chi connectivity index (χ0) is 39.4. The number of anilines is 1. The number of hydrogen-bond donors (Lipinski definition) is 2. The number of phosphoric acid groups is 1. The fourth-order valence-electron chi connectivity index (χ4n) is 8.21. The molecule has 1 unspecified atom stereocenters. The maximum absolute atomic E-state index is 14.6. The number of amides is 3. The number of pyridine rings is 1. The Morgan fingerprint density at radius 2 is 1.67 bits per heavy atom. The van der Waals surface area contributed by atoms with Crippen LogP contribution in [0.15, 0.2) is 85.5 Å². The van der Waals surface area contributed by atoms with E-state index < -0.39 is 20.0 Å². The first kappa shape index (κ1) is 42.0. The van der Waals surface area contributed by atoms with E-state index in [-0.39, 0.29) is 69.9 Å². The first-order valence-corrected chi connectivity index (χ1v) is 20.9. The van der Waals surface area contributed by atoms with Crippen LogP contribution in [0, 0.1) is 0 Å². The third-order valence-electron chi connectivity index (χ3n) is 11.2. The van der Waals surface area contributed by atoms with Crippen LogP contribution >= 0.6 is 7.82 Å². The highest BCUT2D eigenvalue weighted by molar-refractivity contribution is 7.46. The second-order valence-corrected chi connectivity index (χ2v) is 16.0. The van der Waals surface area contributed by atoms with Gasteiger partial charge < -0.3 is 24.1 Å². The number of piperazine rings is 2. The van der Waals surface area contributed by atoms with Crippen molar-refractivity contribution in [2.45, 2.75) is 58.4 Å². The lowest BCUT2D eigenvalue weighted by atomic mass is 9.98. The fourth-order valence-corrected chi connectivity index (χ4v) is 8.60. The number of likely N-dealkylation sites (N-methyl/N-ethyl adjacent to an activating group) is 1. The van der Waals surface area contributed by atoms with E-state index in [2.05, 4.69) is 28.2 Å². The molecule has 57 heavy (non-hydrogen) atoms. The minimum Gasteiger partial charge on any atom is -0.404 e. The van der Waals surface area contributed by atoms with Gasteiger partial charge in [-0.1, -0.05) is 69.0 Å². The summed E-state index contributed by atoms with van der Waals surface area (Å²) in [5, 5.41) is 3.35. The fraction of sp³-hybridized carbons (Fsp3) is 0.463. The lowest BCUT2D eigenvalue weighted by Gasteiger charge is -2.55. The molecular formula is C41H55N8O7P. The Bertz CT molecular complexity index is 1920. The maximum atomic E-state index is 14.6. The van der Waals surface area contributed by atoms with Crippen LogP contribution in [0.4, 0.5) is 5.82 Å². The quantitative estimate of drug-likeness (QED) is 0.182. The number of hydrazine groups is 1. The number of rotatable bonds is 14. The van der Waals surface area contributed by atoms with Crippen molar-refractivity contribution in [3.8, 4) is 5.75 Å². The highest BCUT2D eigenvalue weighted by atomic mass is 31.2. The Morgan fingerprint density at radius 3 is 2.33 bits per heavy atom. The van der Waals surface area contributed by atoms with Crippen LogP contribution in [0.1, 0.15) is 37.6 Å². The number of aryl methyl sites for hydroxylation is 1. The van der Waals surface area contributed by atoms with Crippen LogP contribution in [-0.4, -0.2) is 146 Å². The summed E-state index contributed by atoms with van der Waals surface area (Å²) in [7, 11) is -4.77. The van der Waals surface area contributed by atoms with Gasteiger partial charge in [0.25, 0.3) is 0 Å². The molecule has 16 heteroatoms. The summed E-state index contributed by atoms with van der Waals surface area (Å²) in [5.41, 5.74) is 2.37. The van der Waals surface area contributed by atoms with E-state index >= 15 is 0 Å². The van der Waals surface area contributed by atoms with Gasteiger partial charge >= 0.3 is 7.82 Å². The van der Waals surface area contributed by atoms with E-state index in [9.17, 15) is 28.7 Å². The summed E-state index contributed by atoms with van der Waals surface area (Å²) < 4.78 is 16.1. The number of nitrogens with zero attached hydrogens (tertiary/aromatic N) is 8. The third-order valence-corrected chi connectivity index (χ3v) is 11.6. The van der Waals surface area contributed by atoms with Gasteiger partial charge in [-0.25, -0.2) is 19.6 Å². The largest absolute Gasteiger partial charge is 0.524 e. The molecule has 4 saturated heterocycles. The molecule has 4 fully saturated rings. The average Bonchev–Trinajstić information content (AvgIpc) is 3.16. The second kappa shape index (κ2) is 18.3. The van der Waals surface area contributed by atoms with Crippen molar-refractivity contribution < 1.29 is 33.3 Å². The molecule has 3 aromatic rings. The SMILES string of the molecule is C.C=CCN1CC(=O)N2C(CN(Cc3cccc(N4CC(N5CCN(CC)CC5)C4)n3)C(=O)[C@@H]2Cc2ccc(OP(=O)(O)O)cc2)N1C(=O)CCc1ccccc1. The molecule has 0 spiro atoms. The maximum Gasteiger partial charge on any atom is 0.524 e. The van der Waals surface area contributed by atoms with Crippen molar-refractivity contribution >= 4 is 31.4 Å². The van der Waals surface area contributed by atoms with Gasteiger partial charge in [-0.15, -0.1) is 6.58 Å². The number of phosphoric ester groups is 1. The Kier molecular flexibility index (Phi) is 13.5. The first-order chi connectivity index (χ1) is 27.0. The van der Waals surface area contributed by atoms with E-state index in [1.54, 1.807) is 38.0 Å². The Hall–Kier alpha value is -4.63. The molecule has 0 radical (unpaired) electrons. The molecule has 0 saturated carbocycles. The number of benzene rings is 2.